The van der Waals surface area contributed by atoms with Crippen molar-refractivity contribution in [2.45, 2.75) is 33.4 Å². The summed E-state index contributed by atoms with van der Waals surface area (Å²) >= 11 is 0. The van der Waals surface area contributed by atoms with Gasteiger partial charge < -0.3 is 9.42 Å². The van der Waals surface area contributed by atoms with Crippen LogP contribution in [0, 0.1) is 12.8 Å². The summed E-state index contributed by atoms with van der Waals surface area (Å²) in [6.07, 6.45) is 0. The van der Waals surface area contributed by atoms with Crippen molar-refractivity contribution in [3.8, 4) is 0 Å². The molecule has 2 heterocycles. The van der Waals surface area contributed by atoms with Gasteiger partial charge in [0.25, 0.3) is 5.88 Å². The molecule has 0 bridgehead atoms. The first-order valence-electron chi connectivity index (χ1n) is 8.12. The van der Waals surface area contributed by atoms with Gasteiger partial charge in [-0.15, -0.1) is 0 Å². The molecule has 0 N–H and O–H groups in total. The highest BCUT2D eigenvalue weighted by Crippen LogP contribution is 2.38. The summed E-state index contributed by atoms with van der Waals surface area (Å²) in [6, 6.07) is 9.61. The number of aryl methyl sites for hydroxylation is 1. The van der Waals surface area contributed by atoms with Gasteiger partial charge in [0.15, 0.2) is 0 Å². The highest BCUT2D eigenvalue weighted by atomic mass is 16.5. The number of nitrogens with zero attached hydrogens (tertiary/aromatic N) is 6. The fourth-order valence-corrected chi connectivity index (χ4v) is 2.91. The van der Waals surface area contributed by atoms with Crippen LogP contribution in [0.4, 0.5) is 5.88 Å². The van der Waals surface area contributed by atoms with Crippen molar-refractivity contribution in [3.05, 3.63) is 64.2 Å². The molecule has 1 aromatic heterocycles. The van der Waals surface area contributed by atoms with Crippen LogP contribution in [0.25, 0.3) is 16.1 Å². The number of aromatic nitrogens is 1. The predicted molar refractivity (Wildman–Crippen MR) is 97.1 cm³/mol. The van der Waals surface area contributed by atoms with Crippen molar-refractivity contribution in [1.82, 2.24) is 10.1 Å². The minimum absolute atomic E-state index is 0.0753. The molecule has 1 atom stereocenters. The fraction of sp³-hybridized carbons (Fsp3) is 0.333. The summed E-state index contributed by atoms with van der Waals surface area (Å²) in [7, 11) is 0. The lowest BCUT2D eigenvalue weighted by Gasteiger charge is -2.34. The molecule has 0 aliphatic carbocycles. The van der Waals surface area contributed by atoms with Crippen molar-refractivity contribution in [2.24, 2.45) is 16.0 Å². The van der Waals surface area contributed by atoms with Crippen molar-refractivity contribution in [2.75, 3.05) is 0 Å². The number of benzene rings is 1. The first kappa shape index (κ1) is 16.8. The lowest BCUT2D eigenvalue weighted by Crippen LogP contribution is -2.40. The summed E-state index contributed by atoms with van der Waals surface area (Å²) in [5.74, 6) is 1.12. The minimum Gasteiger partial charge on any atom is -0.335 e. The first-order chi connectivity index (χ1) is 12.0. The summed E-state index contributed by atoms with van der Waals surface area (Å²) < 4.78 is 5.33. The van der Waals surface area contributed by atoms with Gasteiger partial charge >= 0.3 is 0 Å². The zero-order chi connectivity index (χ0) is 18.0. The normalized spacial score (nSPS) is 14.8. The van der Waals surface area contributed by atoms with E-state index in [0.29, 0.717) is 18.3 Å². The highest BCUT2D eigenvalue weighted by Gasteiger charge is 2.33. The quantitative estimate of drug-likeness (QED) is 0.444. The van der Waals surface area contributed by atoms with Crippen LogP contribution in [-0.2, 0) is 6.54 Å². The molecule has 0 saturated heterocycles. The molecule has 0 radical (unpaired) electrons. The second-order valence-electron chi connectivity index (χ2n) is 6.33. The van der Waals surface area contributed by atoms with Crippen LogP contribution < -0.4 is 0 Å². The standard InChI is InChI=1S/C18H20N6O/c1-11(2)16(21-23-19)17-20-18-15(12(3)22-25-18)13(4)24(17)10-14-8-6-5-7-9-14/h5-9,11,16H,4,10H2,1-3H3. The maximum Gasteiger partial charge on any atom is 0.261 e. The van der Waals surface area contributed by atoms with Gasteiger partial charge in [0.05, 0.1) is 17.3 Å². The fourth-order valence-electron chi connectivity index (χ4n) is 2.91. The second-order valence-corrected chi connectivity index (χ2v) is 6.33. The molecule has 25 heavy (non-hydrogen) atoms. The molecule has 0 saturated carbocycles. The Morgan fingerprint density at radius 1 is 1.32 bits per heavy atom. The average Bonchev–Trinajstić information content (AvgIpc) is 2.97. The molecule has 0 spiro atoms. The number of hydrogen-bond acceptors (Lipinski definition) is 5. The van der Waals surface area contributed by atoms with E-state index in [1.54, 1.807) is 0 Å². The monoisotopic (exact) mass is 336 g/mol. The second kappa shape index (κ2) is 6.83. The number of aliphatic imine (C=N–C) groups is 1. The zero-order valence-electron chi connectivity index (χ0n) is 14.5. The third-order valence-electron chi connectivity index (χ3n) is 4.21. The van der Waals surface area contributed by atoms with E-state index >= 15 is 0 Å². The van der Waals surface area contributed by atoms with E-state index in [-0.39, 0.29) is 5.92 Å². The molecule has 0 amide bonds. The van der Waals surface area contributed by atoms with Crippen LogP contribution in [0.2, 0.25) is 0 Å². The van der Waals surface area contributed by atoms with Gasteiger partial charge in [-0.3, -0.25) is 0 Å². The molecule has 1 unspecified atom stereocenters. The van der Waals surface area contributed by atoms with Crippen molar-refractivity contribution in [1.29, 1.82) is 0 Å². The maximum atomic E-state index is 8.98. The minimum atomic E-state index is -0.427. The topological polar surface area (TPSA) is 90.4 Å². The van der Waals surface area contributed by atoms with Gasteiger partial charge in [-0.2, -0.15) is 4.99 Å². The third-order valence-corrected chi connectivity index (χ3v) is 4.21. The Kier molecular flexibility index (Phi) is 4.59. The summed E-state index contributed by atoms with van der Waals surface area (Å²) in [5.41, 5.74) is 12.4. The van der Waals surface area contributed by atoms with E-state index in [0.717, 1.165) is 22.5 Å². The average molecular weight is 336 g/mol. The van der Waals surface area contributed by atoms with Crippen LogP contribution in [-0.4, -0.2) is 21.9 Å². The van der Waals surface area contributed by atoms with Gasteiger partial charge in [-0.25, -0.2) is 0 Å². The molecular weight excluding hydrogens is 316 g/mol. The molecule has 1 aliphatic rings. The summed E-state index contributed by atoms with van der Waals surface area (Å²) in [4.78, 5) is 9.61. The number of rotatable bonds is 5. The molecule has 7 heteroatoms. The van der Waals surface area contributed by atoms with Crippen molar-refractivity contribution < 1.29 is 4.52 Å². The SMILES string of the molecule is C=C1c2c(C)noc2N=C(C(N=[N+]=[N-])C(C)C)N1Cc1ccccc1. The Balaban J connectivity index is 2.10. The van der Waals surface area contributed by atoms with Gasteiger partial charge in [0.1, 0.15) is 5.84 Å². The van der Waals surface area contributed by atoms with Crippen molar-refractivity contribution in [3.63, 3.8) is 0 Å². The Hall–Kier alpha value is -3.05. The Bertz CT molecular complexity index is 861. The van der Waals surface area contributed by atoms with E-state index in [4.69, 9.17) is 10.1 Å². The molecule has 2 aromatic rings. The van der Waals surface area contributed by atoms with Crippen LogP contribution in [0.5, 0.6) is 0 Å². The summed E-state index contributed by atoms with van der Waals surface area (Å²) in [5, 5.41) is 7.96. The van der Waals surface area contributed by atoms with Gasteiger partial charge in [-0.1, -0.05) is 61.0 Å². The van der Waals surface area contributed by atoms with E-state index in [1.807, 2.05) is 56.0 Å². The Labute approximate surface area is 146 Å². The van der Waals surface area contributed by atoms with E-state index in [2.05, 4.69) is 26.8 Å². The van der Waals surface area contributed by atoms with Crippen LogP contribution in [0.3, 0.4) is 0 Å². The highest BCUT2D eigenvalue weighted by molar-refractivity contribution is 6.00. The number of fused-ring (bicyclic) bond motifs is 1. The zero-order valence-corrected chi connectivity index (χ0v) is 14.5. The van der Waals surface area contributed by atoms with E-state index < -0.39 is 6.04 Å². The molecular formula is C18H20N6O. The van der Waals surface area contributed by atoms with Gasteiger partial charge in [0.2, 0.25) is 0 Å². The Morgan fingerprint density at radius 2 is 2.04 bits per heavy atom. The molecule has 128 valence electrons. The molecule has 1 aliphatic heterocycles. The Morgan fingerprint density at radius 3 is 2.68 bits per heavy atom. The lowest BCUT2D eigenvalue weighted by molar-refractivity contribution is 0.419. The predicted octanol–water partition coefficient (Wildman–Crippen LogP) is 4.83. The van der Waals surface area contributed by atoms with Gasteiger partial charge in [0, 0.05) is 17.2 Å². The number of azide groups is 1. The van der Waals surface area contributed by atoms with Crippen LogP contribution in [0.15, 0.2) is 51.5 Å². The largest absolute Gasteiger partial charge is 0.335 e. The van der Waals surface area contributed by atoms with Crippen molar-refractivity contribution >= 4 is 17.4 Å². The molecule has 1 aromatic carbocycles. The van der Waals surface area contributed by atoms with E-state index in [9.17, 15) is 0 Å². The smallest absolute Gasteiger partial charge is 0.261 e. The number of amidine groups is 1. The third kappa shape index (κ3) is 3.14. The van der Waals surface area contributed by atoms with Crippen LogP contribution >= 0.6 is 0 Å². The maximum absolute atomic E-state index is 8.98. The molecule has 3 rings (SSSR count). The van der Waals surface area contributed by atoms with Gasteiger partial charge in [-0.05, 0) is 23.9 Å². The lowest BCUT2D eigenvalue weighted by atomic mass is 10.00. The first-order valence-corrected chi connectivity index (χ1v) is 8.12. The molecule has 0 fully saturated rings. The molecule has 7 nitrogen and oxygen atoms in total. The summed E-state index contributed by atoms with van der Waals surface area (Å²) in [6.45, 7) is 10.7. The van der Waals surface area contributed by atoms with E-state index in [1.165, 1.54) is 0 Å². The van der Waals surface area contributed by atoms with Crippen LogP contribution in [0.1, 0.15) is 30.7 Å². The number of hydrogen-bond donors (Lipinski definition) is 0.